The van der Waals surface area contributed by atoms with E-state index >= 15 is 0 Å². The number of rotatable bonds is 9. The molecule has 3 heterocycles. The number of nitrogens with two attached hydrogens (primary N) is 2. The molecule has 0 aliphatic carbocycles. The number of para-hydroxylation sites is 1. The molecule has 5 rings (SSSR count). The number of ether oxygens (including phenoxy) is 1. The summed E-state index contributed by atoms with van der Waals surface area (Å²) in [5, 5.41) is 13.7. The molecule has 0 aliphatic heterocycles. The first-order valence-electron chi connectivity index (χ1n) is 12.2. The van der Waals surface area contributed by atoms with Crippen molar-refractivity contribution in [3.05, 3.63) is 59.8 Å². The van der Waals surface area contributed by atoms with Gasteiger partial charge in [-0.3, -0.25) is 0 Å². The fourth-order valence-electron chi connectivity index (χ4n) is 4.13. The van der Waals surface area contributed by atoms with Crippen LogP contribution >= 0.6 is 11.6 Å². The van der Waals surface area contributed by atoms with Crippen LogP contribution in [0, 0.1) is 0 Å². The molecule has 0 fully saturated rings. The van der Waals surface area contributed by atoms with E-state index in [2.05, 4.69) is 25.9 Å². The normalized spacial score (nSPS) is 11.1. The van der Waals surface area contributed by atoms with Crippen LogP contribution in [-0.2, 0) is 6.54 Å². The highest BCUT2D eigenvalue weighted by Gasteiger charge is 2.24. The first-order chi connectivity index (χ1) is 19.0. The third-order valence-electron chi connectivity index (χ3n) is 5.90. The van der Waals surface area contributed by atoms with E-state index in [-0.39, 0.29) is 5.82 Å². The smallest absolute Gasteiger partial charge is 0.323 e. The van der Waals surface area contributed by atoms with Gasteiger partial charge in [-0.15, -0.1) is 0 Å². The van der Waals surface area contributed by atoms with Crippen LogP contribution in [0.4, 0.5) is 22.0 Å². The van der Waals surface area contributed by atoms with Gasteiger partial charge in [-0.05, 0) is 54.5 Å². The first kappa shape index (κ1) is 25.9. The van der Waals surface area contributed by atoms with Crippen molar-refractivity contribution >= 4 is 45.9 Å². The number of urea groups is 1. The number of anilines is 3. The van der Waals surface area contributed by atoms with E-state index in [4.69, 9.17) is 37.4 Å². The van der Waals surface area contributed by atoms with E-state index in [1.807, 2.05) is 23.6 Å². The molecule has 39 heavy (non-hydrogen) atoms. The van der Waals surface area contributed by atoms with E-state index < -0.39 is 6.03 Å². The van der Waals surface area contributed by atoms with Crippen molar-refractivity contribution in [2.24, 2.45) is 5.73 Å². The summed E-state index contributed by atoms with van der Waals surface area (Å²) >= 11 is 6.16. The number of aromatic nitrogens is 5. The molecule has 12 nitrogen and oxygen atoms in total. The van der Waals surface area contributed by atoms with Gasteiger partial charge in [0.05, 0.1) is 29.2 Å². The number of carbonyl (C=O) groups is 1. The molecule has 2 aromatic carbocycles. The van der Waals surface area contributed by atoms with Gasteiger partial charge in [0.25, 0.3) is 0 Å². The average molecular weight is 548 g/mol. The number of hydrogen-bond donors (Lipinski definition) is 4. The summed E-state index contributed by atoms with van der Waals surface area (Å²) in [6.45, 7) is 3.43. The summed E-state index contributed by atoms with van der Waals surface area (Å²) in [5.74, 6) is 1.14. The van der Waals surface area contributed by atoms with E-state index in [0.29, 0.717) is 76.5 Å². The van der Waals surface area contributed by atoms with Crippen molar-refractivity contribution in [3.8, 4) is 28.5 Å². The molecule has 0 saturated heterocycles. The SMILES string of the molecule is CCn1c(-c2nonc2N)nc2c(-c3cccc(NC(=O)Nc4ccccc4Cl)c3)ncc(OCCCN)c21. The molecule has 5 aromatic rings. The minimum absolute atomic E-state index is 0.121. The first-order valence-corrected chi connectivity index (χ1v) is 12.6. The van der Waals surface area contributed by atoms with Gasteiger partial charge in [0.2, 0.25) is 0 Å². The van der Waals surface area contributed by atoms with Gasteiger partial charge in [0.1, 0.15) is 11.0 Å². The second-order valence-corrected chi connectivity index (χ2v) is 8.88. The number of carbonyl (C=O) groups excluding carboxylic acids is 1. The Labute approximate surface area is 228 Å². The largest absolute Gasteiger partial charge is 0.490 e. The topological polar surface area (TPSA) is 172 Å². The molecular weight excluding hydrogens is 522 g/mol. The number of imidazole rings is 1. The zero-order valence-corrected chi connectivity index (χ0v) is 21.8. The van der Waals surface area contributed by atoms with Crippen molar-refractivity contribution < 1.29 is 14.2 Å². The van der Waals surface area contributed by atoms with Crippen LogP contribution in [-0.4, -0.2) is 44.0 Å². The maximum Gasteiger partial charge on any atom is 0.323 e. The average Bonchev–Trinajstić information content (AvgIpc) is 3.53. The Balaban J connectivity index is 1.54. The van der Waals surface area contributed by atoms with E-state index in [0.717, 1.165) is 5.56 Å². The number of nitrogens with zero attached hydrogens (tertiary/aromatic N) is 5. The summed E-state index contributed by atoms with van der Waals surface area (Å²) in [5.41, 5.74) is 15.6. The highest BCUT2D eigenvalue weighted by molar-refractivity contribution is 6.33. The molecule has 0 atom stereocenters. The van der Waals surface area contributed by atoms with Gasteiger partial charge in [-0.25, -0.2) is 19.4 Å². The van der Waals surface area contributed by atoms with E-state index in [9.17, 15) is 4.79 Å². The Morgan fingerprint density at radius 1 is 1.13 bits per heavy atom. The number of halogens is 1. The van der Waals surface area contributed by atoms with Gasteiger partial charge >= 0.3 is 6.03 Å². The molecule has 0 radical (unpaired) electrons. The molecule has 0 bridgehead atoms. The molecule has 0 aliphatic rings. The van der Waals surface area contributed by atoms with Crippen molar-refractivity contribution in [3.63, 3.8) is 0 Å². The zero-order valence-electron chi connectivity index (χ0n) is 21.0. The van der Waals surface area contributed by atoms with Gasteiger partial charge in [-0.1, -0.05) is 35.9 Å². The van der Waals surface area contributed by atoms with Gasteiger partial charge in [0.15, 0.2) is 23.1 Å². The monoisotopic (exact) mass is 547 g/mol. The lowest BCUT2D eigenvalue weighted by atomic mass is 10.1. The number of pyridine rings is 1. The fourth-order valence-corrected chi connectivity index (χ4v) is 4.31. The van der Waals surface area contributed by atoms with Gasteiger partial charge < -0.3 is 31.4 Å². The van der Waals surface area contributed by atoms with Gasteiger partial charge in [-0.2, -0.15) is 0 Å². The molecule has 0 unspecified atom stereocenters. The Morgan fingerprint density at radius 2 is 1.97 bits per heavy atom. The summed E-state index contributed by atoms with van der Waals surface area (Å²) in [7, 11) is 0. The molecular formula is C26H26ClN9O3. The number of hydrogen-bond acceptors (Lipinski definition) is 9. The van der Waals surface area contributed by atoms with Crippen LogP contribution in [0.1, 0.15) is 13.3 Å². The number of nitrogen functional groups attached to an aromatic ring is 1. The highest BCUT2D eigenvalue weighted by Crippen LogP contribution is 2.37. The number of benzene rings is 2. The summed E-state index contributed by atoms with van der Waals surface area (Å²) in [6, 6.07) is 13.8. The second kappa shape index (κ2) is 11.4. The lowest BCUT2D eigenvalue weighted by Crippen LogP contribution is -2.19. The third-order valence-corrected chi connectivity index (χ3v) is 6.23. The van der Waals surface area contributed by atoms with Crippen molar-refractivity contribution in [2.75, 3.05) is 29.5 Å². The minimum atomic E-state index is -0.437. The molecule has 0 saturated carbocycles. The van der Waals surface area contributed by atoms with E-state index in [1.165, 1.54) is 0 Å². The van der Waals surface area contributed by atoms with Crippen molar-refractivity contribution in [1.82, 2.24) is 24.8 Å². The highest BCUT2D eigenvalue weighted by atomic mass is 35.5. The maximum atomic E-state index is 12.6. The van der Waals surface area contributed by atoms with E-state index in [1.54, 1.807) is 42.6 Å². The maximum absolute atomic E-state index is 12.6. The van der Waals surface area contributed by atoms with Crippen LogP contribution < -0.4 is 26.8 Å². The minimum Gasteiger partial charge on any atom is -0.490 e. The van der Waals surface area contributed by atoms with Crippen LogP contribution in [0.3, 0.4) is 0 Å². The number of nitrogens with one attached hydrogen (secondary N) is 2. The van der Waals surface area contributed by atoms with Crippen molar-refractivity contribution in [1.29, 1.82) is 0 Å². The second-order valence-electron chi connectivity index (χ2n) is 8.48. The molecule has 200 valence electrons. The Hall–Kier alpha value is -4.68. The number of amides is 2. The summed E-state index contributed by atoms with van der Waals surface area (Å²) in [6.07, 6.45) is 2.33. The zero-order chi connectivity index (χ0) is 27.4. The third kappa shape index (κ3) is 5.33. The Bertz CT molecular complexity index is 1630. The Morgan fingerprint density at radius 3 is 2.72 bits per heavy atom. The summed E-state index contributed by atoms with van der Waals surface area (Å²) < 4.78 is 12.8. The molecule has 2 amide bonds. The predicted octanol–water partition coefficient (Wildman–Crippen LogP) is 4.78. The van der Waals surface area contributed by atoms with Crippen molar-refractivity contribution in [2.45, 2.75) is 19.9 Å². The number of fused-ring (bicyclic) bond motifs is 1. The summed E-state index contributed by atoms with van der Waals surface area (Å²) in [4.78, 5) is 22.2. The molecule has 0 spiro atoms. The van der Waals surface area contributed by atoms with Crippen LogP contribution in [0.15, 0.2) is 59.4 Å². The van der Waals surface area contributed by atoms with Crippen LogP contribution in [0.25, 0.3) is 33.8 Å². The number of aryl methyl sites for hydroxylation is 1. The lowest BCUT2D eigenvalue weighted by molar-refractivity contribution is 0.262. The quantitative estimate of drug-likeness (QED) is 0.189. The standard InChI is InChI=1S/C26H26ClN9O3/c1-2-36-23-19(38-12-6-11-28)14-30-20(21(23)33-25(36)22-24(29)35-39-34-22)15-7-5-8-16(13-15)31-26(37)32-18-10-4-3-9-17(18)27/h3-5,7-10,13-14H,2,6,11-12,28H2,1H3,(H2,29,35)(H2,31,32,37). The van der Waals surface area contributed by atoms with Gasteiger partial charge in [0, 0.05) is 17.8 Å². The lowest BCUT2D eigenvalue weighted by Gasteiger charge is -2.12. The predicted molar refractivity (Wildman–Crippen MR) is 150 cm³/mol. The van der Waals surface area contributed by atoms with Crippen LogP contribution in [0.5, 0.6) is 5.75 Å². The molecule has 3 aromatic heterocycles. The molecule has 6 N–H and O–H groups in total. The fraction of sp³-hybridized carbons (Fsp3) is 0.192. The van der Waals surface area contributed by atoms with Crippen LogP contribution in [0.2, 0.25) is 5.02 Å². The Kier molecular flexibility index (Phi) is 7.57. The molecule has 13 heteroatoms.